The van der Waals surface area contributed by atoms with Gasteiger partial charge in [0, 0.05) is 18.4 Å². The minimum absolute atomic E-state index is 0.196. The molecule has 2 atom stereocenters. The summed E-state index contributed by atoms with van der Waals surface area (Å²) >= 11 is 0. The van der Waals surface area contributed by atoms with Gasteiger partial charge in [0.1, 0.15) is 5.84 Å². The van der Waals surface area contributed by atoms with Crippen molar-refractivity contribution in [2.75, 3.05) is 12.9 Å². The van der Waals surface area contributed by atoms with E-state index in [-0.39, 0.29) is 11.5 Å². The molecule has 0 aliphatic carbocycles. The van der Waals surface area contributed by atoms with Gasteiger partial charge in [0.15, 0.2) is 9.84 Å². The van der Waals surface area contributed by atoms with Crippen molar-refractivity contribution in [3.05, 3.63) is 138 Å². The van der Waals surface area contributed by atoms with E-state index in [2.05, 4.69) is 4.90 Å². The van der Waals surface area contributed by atoms with E-state index in [1.165, 1.54) is 6.26 Å². The Morgan fingerprint density at radius 2 is 1.41 bits per heavy atom. The van der Waals surface area contributed by atoms with Gasteiger partial charge in [-0.25, -0.2) is 18.2 Å². The van der Waals surface area contributed by atoms with E-state index in [1.54, 1.807) is 31.2 Å². The molecule has 0 aromatic heterocycles. The molecule has 5 rings (SSSR count). The van der Waals surface area contributed by atoms with Crippen molar-refractivity contribution in [1.82, 2.24) is 4.90 Å². The molecule has 4 aromatic carbocycles. The van der Waals surface area contributed by atoms with Crippen LogP contribution in [0, 0.1) is 0 Å². The quantitative estimate of drug-likeness (QED) is 0.275. The van der Waals surface area contributed by atoms with E-state index < -0.39 is 27.4 Å². The summed E-state index contributed by atoms with van der Waals surface area (Å²) < 4.78 is 30.2. The fraction of sp³-hybridized carbons (Fsp3) is 0.188. The molecule has 0 radical (unpaired) electrons. The summed E-state index contributed by atoms with van der Waals surface area (Å²) in [7, 11) is -3.40. The van der Waals surface area contributed by atoms with Gasteiger partial charge in [-0.05, 0) is 35.7 Å². The Balaban J connectivity index is 1.80. The van der Waals surface area contributed by atoms with Crippen LogP contribution in [0.5, 0.6) is 0 Å². The number of carbonyl (C=O) groups is 1. The summed E-state index contributed by atoms with van der Waals surface area (Å²) in [6.45, 7) is 2.45. The lowest BCUT2D eigenvalue weighted by Gasteiger charge is -2.37. The maximum Gasteiger partial charge on any atom is 0.341 e. The average molecular weight is 539 g/mol. The Bertz CT molecular complexity index is 1570. The summed E-state index contributed by atoms with van der Waals surface area (Å²) in [5.41, 5.74) is 1.94. The topological polar surface area (TPSA) is 76.0 Å². The number of nitrogens with zero attached hydrogens (tertiary/aromatic N) is 2. The fourth-order valence-electron chi connectivity index (χ4n) is 5.15. The highest BCUT2D eigenvalue weighted by Crippen LogP contribution is 2.50. The van der Waals surface area contributed by atoms with Gasteiger partial charge in [-0.1, -0.05) is 103 Å². The summed E-state index contributed by atoms with van der Waals surface area (Å²) in [6, 6.07) is 35.4. The summed E-state index contributed by atoms with van der Waals surface area (Å²) in [5, 5.41) is 0. The molecule has 7 heteroatoms. The SMILES string of the molecule is CCOC(=O)[C@]1(c2ccccc2)N=C(c2ccccc2)N(Cc2ccccc2)[C@H]1c1ccc(S(C)(=O)=O)cc1. The average Bonchev–Trinajstić information content (AvgIpc) is 3.30. The third-order valence-electron chi connectivity index (χ3n) is 6.91. The molecule has 39 heavy (non-hydrogen) atoms. The lowest BCUT2D eigenvalue weighted by Crippen LogP contribution is -2.44. The molecule has 1 aliphatic heterocycles. The molecule has 198 valence electrons. The van der Waals surface area contributed by atoms with E-state index in [0.29, 0.717) is 17.9 Å². The summed E-state index contributed by atoms with van der Waals surface area (Å²) in [4.78, 5) is 21.7. The first-order valence-electron chi connectivity index (χ1n) is 12.8. The summed E-state index contributed by atoms with van der Waals surface area (Å²) in [5.74, 6) is 0.200. The van der Waals surface area contributed by atoms with Crippen LogP contribution in [-0.2, 0) is 31.5 Å². The predicted molar refractivity (Wildman–Crippen MR) is 152 cm³/mol. The number of carbonyl (C=O) groups excluding carboxylic acids is 1. The monoisotopic (exact) mass is 538 g/mol. The third-order valence-corrected chi connectivity index (χ3v) is 8.04. The van der Waals surface area contributed by atoms with Crippen molar-refractivity contribution in [1.29, 1.82) is 0 Å². The Hall–Kier alpha value is -4.23. The predicted octanol–water partition coefficient (Wildman–Crippen LogP) is 5.55. The molecule has 0 unspecified atom stereocenters. The van der Waals surface area contributed by atoms with Crippen molar-refractivity contribution in [3.8, 4) is 0 Å². The van der Waals surface area contributed by atoms with Crippen molar-refractivity contribution in [2.24, 2.45) is 4.99 Å². The third kappa shape index (κ3) is 5.10. The van der Waals surface area contributed by atoms with Crippen molar-refractivity contribution < 1.29 is 17.9 Å². The van der Waals surface area contributed by atoms with Crippen LogP contribution in [-0.4, -0.2) is 38.0 Å². The maximum absolute atomic E-state index is 14.1. The summed E-state index contributed by atoms with van der Waals surface area (Å²) in [6.07, 6.45) is 1.18. The highest BCUT2D eigenvalue weighted by Gasteiger charge is 2.57. The zero-order chi connectivity index (χ0) is 27.5. The van der Waals surface area contributed by atoms with Gasteiger partial charge in [-0.2, -0.15) is 0 Å². The Morgan fingerprint density at radius 1 is 0.846 bits per heavy atom. The van der Waals surface area contributed by atoms with Crippen LogP contribution >= 0.6 is 0 Å². The number of aliphatic imine (C=N–C) groups is 1. The largest absolute Gasteiger partial charge is 0.464 e. The molecule has 0 spiro atoms. The molecule has 0 fully saturated rings. The van der Waals surface area contributed by atoms with Gasteiger partial charge in [0.25, 0.3) is 0 Å². The number of rotatable bonds is 8. The second-order valence-electron chi connectivity index (χ2n) is 9.51. The molecular formula is C32H30N2O4S. The number of benzene rings is 4. The molecule has 0 N–H and O–H groups in total. The van der Waals surface area contributed by atoms with E-state index in [1.807, 2.05) is 91.0 Å². The van der Waals surface area contributed by atoms with E-state index in [4.69, 9.17) is 9.73 Å². The van der Waals surface area contributed by atoms with Crippen LogP contribution < -0.4 is 0 Å². The number of hydrogen-bond donors (Lipinski definition) is 0. The van der Waals surface area contributed by atoms with Gasteiger partial charge in [-0.15, -0.1) is 0 Å². The first-order chi connectivity index (χ1) is 18.8. The van der Waals surface area contributed by atoms with Gasteiger partial charge in [-0.3, -0.25) is 0 Å². The number of hydrogen-bond acceptors (Lipinski definition) is 6. The minimum atomic E-state index is -3.40. The maximum atomic E-state index is 14.1. The van der Waals surface area contributed by atoms with Crippen LogP contribution in [0.3, 0.4) is 0 Å². The van der Waals surface area contributed by atoms with E-state index in [9.17, 15) is 13.2 Å². The number of ether oxygens (including phenoxy) is 1. The molecule has 4 aromatic rings. The van der Waals surface area contributed by atoms with E-state index in [0.717, 1.165) is 16.7 Å². The van der Waals surface area contributed by atoms with Gasteiger partial charge >= 0.3 is 5.97 Å². The Labute approximate surface area is 229 Å². The lowest BCUT2D eigenvalue weighted by atomic mass is 9.79. The smallest absolute Gasteiger partial charge is 0.341 e. The highest BCUT2D eigenvalue weighted by atomic mass is 32.2. The first kappa shape index (κ1) is 26.4. The zero-order valence-electron chi connectivity index (χ0n) is 21.9. The normalized spacial score (nSPS) is 19.0. The van der Waals surface area contributed by atoms with Crippen LogP contribution in [0.25, 0.3) is 0 Å². The molecule has 0 saturated heterocycles. The van der Waals surface area contributed by atoms with Gasteiger partial charge in [0.05, 0.1) is 17.5 Å². The number of amidine groups is 1. The van der Waals surface area contributed by atoms with Crippen LogP contribution in [0.15, 0.2) is 125 Å². The van der Waals surface area contributed by atoms with Crippen molar-refractivity contribution in [2.45, 2.75) is 29.9 Å². The fourth-order valence-corrected chi connectivity index (χ4v) is 5.78. The molecule has 6 nitrogen and oxygen atoms in total. The first-order valence-corrected chi connectivity index (χ1v) is 14.7. The van der Waals surface area contributed by atoms with Gasteiger partial charge in [0.2, 0.25) is 5.54 Å². The van der Waals surface area contributed by atoms with Crippen LogP contribution in [0.4, 0.5) is 0 Å². The molecule has 0 bridgehead atoms. The minimum Gasteiger partial charge on any atom is -0.464 e. The van der Waals surface area contributed by atoms with E-state index >= 15 is 0 Å². The Kier molecular flexibility index (Phi) is 7.35. The standard InChI is InChI=1S/C32H30N2O4S/c1-3-38-31(35)32(27-17-11-6-12-18-27)29(25-19-21-28(22-20-25)39(2,36)37)34(23-24-13-7-4-8-14-24)30(33-32)26-15-9-5-10-16-26/h4-22,29H,3,23H2,1-2H3/t29-,32+/m0/s1. The van der Waals surface area contributed by atoms with Gasteiger partial charge < -0.3 is 9.64 Å². The molecule has 1 heterocycles. The number of sulfone groups is 1. The second-order valence-corrected chi connectivity index (χ2v) is 11.5. The van der Waals surface area contributed by atoms with Crippen molar-refractivity contribution >= 4 is 21.6 Å². The van der Waals surface area contributed by atoms with Crippen LogP contribution in [0.2, 0.25) is 0 Å². The van der Waals surface area contributed by atoms with Crippen molar-refractivity contribution in [3.63, 3.8) is 0 Å². The zero-order valence-corrected chi connectivity index (χ0v) is 22.7. The molecule has 0 amide bonds. The second kappa shape index (κ2) is 10.9. The number of esters is 1. The highest BCUT2D eigenvalue weighted by molar-refractivity contribution is 7.90. The molecule has 1 aliphatic rings. The lowest BCUT2D eigenvalue weighted by molar-refractivity contribution is -0.151. The Morgan fingerprint density at radius 3 is 1.97 bits per heavy atom. The van der Waals surface area contributed by atoms with Crippen LogP contribution in [0.1, 0.15) is 35.2 Å². The molecular weight excluding hydrogens is 508 g/mol. The molecule has 0 saturated carbocycles.